The summed E-state index contributed by atoms with van der Waals surface area (Å²) in [5, 5.41) is 1.81. The number of rotatable bonds is 3. The van der Waals surface area contributed by atoms with Crippen molar-refractivity contribution in [3.8, 4) is 0 Å². The van der Waals surface area contributed by atoms with E-state index >= 15 is 0 Å². The Morgan fingerprint density at radius 1 is 1.61 bits per heavy atom. The number of alkyl halides is 3. The first-order valence-electron chi connectivity index (χ1n) is 4.41. The predicted octanol–water partition coefficient (Wildman–Crippen LogP) is 2.43. The van der Waals surface area contributed by atoms with Crippen molar-refractivity contribution >= 4 is 29.3 Å². The van der Waals surface area contributed by atoms with Crippen LogP contribution in [-0.4, -0.2) is 16.2 Å². The van der Waals surface area contributed by atoms with Crippen LogP contribution in [0.1, 0.15) is 11.1 Å². The van der Waals surface area contributed by atoms with Gasteiger partial charge in [0.15, 0.2) is 5.82 Å². The molecular weight excluding hydrogens is 271 g/mol. The van der Waals surface area contributed by atoms with Gasteiger partial charge in [0.25, 0.3) is 0 Å². The fraction of sp³-hybridized carbons (Fsp3) is 0.222. The lowest BCUT2D eigenvalue weighted by atomic mass is 10.2. The Morgan fingerprint density at radius 2 is 2.28 bits per heavy atom. The maximum absolute atomic E-state index is 12.7. The van der Waals surface area contributed by atoms with Crippen LogP contribution in [0.2, 0.25) is 0 Å². The number of nitrogens with two attached hydrogens (primary N) is 1. The maximum Gasteiger partial charge on any atom is 0.420 e. The molecule has 1 amide bonds. The van der Waals surface area contributed by atoms with Crippen LogP contribution in [0.4, 0.5) is 23.8 Å². The molecule has 9 heteroatoms. The van der Waals surface area contributed by atoms with Crippen LogP contribution in [0.25, 0.3) is 0 Å². The molecule has 0 saturated heterocycles. The molecule has 0 aliphatic rings. The number of aromatic nitrogens is 1. The predicted molar refractivity (Wildman–Crippen MR) is 58.3 cm³/mol. The van der Waals surface area contributed by atoms with Crippen LogP contribution in [0, 0.1) is 0 Å². The summed E-state index contributed by atoms with van der Waals surface area (Å²) in [6, 6.07) is 0.751. The number of carbonyl (C=O) groups excluding carboxylic acids is 1. The highest BCUT2D eigenvalue weighted by atomic mass is 32.1. The average Bonchev–Trinajstić information content (AvgIpc) is 2.26. The number of isothiocyanates is 1. The zero-order chi connectivity index (χ0) is 13.8. The molecule has 18 heavy (non-hydrogen) atoms. The lowest BCUT2D eigenvalue weighted by molar-refractivity contribution is -0.137. The fourth-order valence-electron chi connectivity index (χ4n) is 1.08. The number of aliphatic imine (C=N–C) groups is 1. The van der Waals surface area contributed by atoms with E-state index in [9.17, 15) is 18.0 Å². The van der Waals surface area contributed by atoms with E-state index in [1.165, 1.54) is 0 Å². The van der Waals surface area contributed by atoms with Crippen LogP contribution in [0.15, 0.2) is 17.3 Å². The number of hydrogen-bond donors (Lipinski definition) is 1. The Labute approximate surface area is 104 Å². The highest BCUT2D eigenvalue weighted by Crippen LogP contribution is 2.35. The standard InChI is InChI=1S/C9H6F3N3O2S/c10-9(11,12)6-1-5(3-17-8(13)16)2-14-7(6)15-4-18/h1-2H,3H2,(H2,13,16). The van der Waals surface area contributed by atoms with Gasteiger partial charge in [-0.3, -0.25) is 0 Å². The molecule has 0 atom stereocenters. The van der Waals surface area contributed by atoms with Crippen molar-refractivity contribution in [2.75, 3.05) is 0 Å². The minimum atomic E-state index is -4.65. The first kappa shape index (κ1) is 14.1. The van der Waals surface area contributed by atoms with Crippen molar-refractivity contribution in [3.05, 3.63) is 23.4 Å². The minimum absolute atomic E-state index is 0.0319. The highest BCUT2D eigenvalue weighted by Gasteiger charge is 2.34. The van der Waals surface area contributed by atoms with Gasteiger partial charge in [0.05, 0.1) is 5.16 Å². The zero-order valence-electron chi connectivity index (χ0n) is 8.69. The summed E-state index contributed by atoms with van der Waals surface area (Å²) >= 11 is 4.22. The molecule has 0 radical (unpaired) electrons. The number of pyridine rings is 1. The zero-order valence-corrected chi connectivity index (χ0v) is 9.51. The Bertz CT molecular complexity index is 512. The summed E-state index contributed by atoms with van der Waals surface area (Å²) in [6.07, 6.45) is -4.67. The van der Waals surface area contributed by atoms with E-state index in [1.54, 1.807) is 5.16 Å². The second-order valence-corrected chi connectivity index (χ2v) is 3.21. The molecule has 1 heterocycles. The van der Waals surface area contributed by atoms with E-state index < -0.39 is 30.3 Å². The molecule has 0 aliphatic carbocycles. The van der Waals surface area contributed by atoms with Crippen molar-refractivity contribution in [2.24, 2.45) is 10.7 Å². The number of nitrogens with zero attached hydrogens (tertiary/aromatic N) is 2. The molecular formula is C9H6F3N3O2S. The van der Waals surface area contributed by atoms with Crippen LogP contribution in [0.5, 0.6) is 0 Å². The van der Waals surface area contributed by atoms with Gasteiger partial charge in [0.2, 0.25) is 0 Å². The average molecular weight is 277 g/mol. The van der Waals surface area contributed by atoms with Gasteiger partial charge in [-0.2, -0.15) is 18.2 Å². The van der Waals surface area contributed by atoms with Gasteiger partial charge < -0.3 is 10.5 Å². The molecule has 5 nitrogen and oxygen atoms in total. The van der Waals surface area contributed by atoms with Gasteiger partial charge in [-0.25, -0.2) is 9.78 Å². The van der Waals surface area contributed by atoms with Crippen molar-refractivity contribution < 1.29 is 22.7 Å². The molecule has 0 saturated carbocycles. The number of ether oxygens (including phenoxy) is 1. The quantitative estimate of drug-likeness (QED) is 0.680. The summed E-state index contributed by atoms with van der Waals surface area (Å²) in [4.78, 5) is 17.0. The Balaban J connectivity index is 3.13. The number of thiocarbonyl (C=S) groups is 1. The van der Waals surface area contributed by atoms with E-state index in [1.807, 2.05) is 0 Å². The number of carbonyl (C=O) groups is 1. The summed E-state index contributed by atoms with van der Waals surface area (Å²) in [7, 11) is 0. The molecule has 1 aromatic rings. The van der Waals surface area contributed by atoms with E-state index in [0.717, 1.165) is 12.3 Å². The second kappa shape index (κ2) is 5.56. The number of primary amides is 1. The minimum Gasteiger partial charge on any atom is -0.445 e. The molecule has 0 aliphatic heterocycles. The maximum atomic E-state index is 12.7. The van der Waals surface area contributed by atoms with Gasteiger partial charge in [-0.05, 0) is 18.3 Å². The summed E-state index contributed by atoms with van der Waals surface area (Å²) < 4.78 is 42.3. The second-order valence-electron chi connectivity index (χ2n) is 3.02. The Hall–Kier alpha value is -1.99. The van der Waals surface area contributed by atoms with Crippen LogP contribution in [0.3, 0.4) is 0 Å². The molecule has 1 rings (SSSR count). The van der Waals surface area contributed by atoms with Gasteiger partial charge in [-0.15, -0.1) is 0 Å². The van der Waals surface area contributed by atoms with Crippen LogP contribution < -0.4 is 5.73 Å². The molecule has 2 N–H and O–H groups in total. The first-order valence-corrected chi connectivity index (χ1v) is 4.81. The van der Waals surface area contributed by atoms with Crippen molar-refractivity contribution in [3.63, 3.8) is 0 Å². The SMILES string of the molecule is NC(=O)OCc1cnc(N=C=S)c(C(F)(F)F)c1. The van der Waals surface area contributed by atoms with Crippen molar-refractivity contribution in [2.45, 2.75) is 12.8 Å². The molecule has 0 bridgehead atoms. The summed E-state index contributed by atoms with van der Waals surface area (Å²) in [6.45, 7) is -0.410. The number of hydrogen-bond acceptors (Lipinski definition) is 5. The van der Waals surface area contributed by atoms with Crippen molar-refractivity contribution in [1.29, 1.82) is 0 Å². The third kappa shape index (κ3) is 3.79. The van der Waals surface area contributed by atoms with Crippen molar-refractivity contribution in [1.82, 2.24) is 4.98 Å². The lowest BCUT2D eigenvalue weighted by Gasteiger charge is -2.10. The third-order valence-electron chi connectivity index (χ3n) is 1.76. The van der Waals surface area contributed by atoms with Gasteiger partial charge in [0.1, 0.15) is 12.2 Å². The monoisotopic (exact) mass is 277 g/mol. The molecule has 0 unspecified atom stereocenters. The van der Waals surface area contributed by atoms with Crippen LogP contribution >= 0.6 is 12.2 Å². The van der Waals surface area contributed by atoms with Gasteiger partial charge >= 0.3 is 12.3 Å². The molecule has 1 aromatic heterocycles. The number of halogens is 3. The Kier molecular flexibility index (Phi) is 4.35. The topological polar surface area (TPSA) is 77.6 Å². The molecule has 0 spiro atoms. The molecule has 96 valence electrons. The molecule has 0 fully saturated rings. The highest BCUT2D eigenvalue weighted by molar-refractivity contribution is 7.78. The lowest BCUT2D eigenvalue weighted by Crippen LogP contribution is -2.13. The normalized spacial score (nSPS) is 10.6. The van der Waals surface area contributed by atoms with Crippen LogP contribution in [-0.2, 0) is 17.5 Å². The summed E-state index contributed by atoms with van der Waals surface area (Å²) in [5.41, 5.74) is 3.64. The Morgan fingerprint density at radius 3 is 2.78 bits per heavy atom. The van der Waals surface area contributed by atoms with E-state index in [4.69, 9.17) is 5.73 Å². The fourth-order valence-corrected chi connectivity index (χ4v) is 1.16. The third-order valence-corrected chi connectivity index (χ3v) is 1.85. The van der Waals surface area contributed by atoms with Gasteiger partial charge in [0, 0.05) is 11.8 Å². The first-order chi connectivity index (χ1) is 8.34. The van der Waals surface area contributed by atoms with E-state index in [0.29, 0.717) is 0 Å². The molecule has 0 aromatic carbocycles. The smallest absolute Gasteiger partial charge is 0.420 e. The largest absolute Gasteiger partial charge is 0.445 e. The number of amides is 1. The van der Waals surface area contributed by atoms with Gasteiger partial charge in [-0.1, -0.05) is 0 Å². The van der Waals surface area contributed by atoms with E-state index in [2.05, 4.69) is 26.9 Å². The van der Waals surface area contributed by atoms with E-state index in [-0.39, 0.29) is 5.56 Å². The summed E-state index contributed by atoms with van der Waals surface area (Å²) in [5.74, 6) is -0.597.